The van der Waals surface area contributed by atoms with E-state index >= 15 is 0 Å². The number of hydrogen-bond donors (Lipinski definition) is 1. The molecule has 1 aliphatic heterocycles. The molecule has 9 nitrogen and oxygen atoms in total. The van der Waals surface area contributed by atoms with Crippen LogP contribution >= 0.6 is 11.8 Å². The minimum absolute atomic E-state index is 0.0970. The number of rotatable bonds is 16. The van der Waals surface area contributed by atoms with E-state index < -0.39 is 18.7 Å². The van der Waals surface area contributed by atoms with E-state index in [9.17, 15) is 5.11 Å². The molecule has 3 rings (SSSR count). The topological polar surface area (TPSA) is 94.1 Å². The lowest BCUT2D eigenvalue weighted by Crippen LogP contribution is -2.53. The molecule has 0 bridgehead atoms. The Morgan fingerprint density at radius 1 is 0.909 bits per heavy atom. The molecule has 0 amide bonds. The normalized spacial score (nSPS) is 19.8. The van der Waals surface area contributed by atoms with Crippen LogP contribution < -0.4 is 14.2 Å². The first-order valence-corrected chi connectivity index (χ1v) is 18.8. The van der Waals surface area contributed by atoms with Gasteiger partial charge in [-0.3, -0.25) is 0 Å². The van der Waals surface area contributed by atoms with Gasteiger partial charge in [-0.25, -0.2) is 0 Å². The molecule has 44 heavy (non-hydrogen) atoms. The Balaban J connectivity index is 1.73. The van der Waals surface area contributed by atoms with Crippen molar-refractivity contribution in [2.45, 2.75) is 49.3 Å². The van der Waals surface area contributed by atoms with Crippen molar-refractivity contribution in [3.8, 4) is 29.1 Å². The average molecular weight is 649 g/mol. The second-order valence-electron chi connectivity index (χ2n) is 11.9. The highest BCUT2D eigenvalue weighted by Crippen LogP contribution is 2.55. The highest BCUT2D eigenvalue weighted by atomic mass is 32.2. The van der Waals surface area contributed by atoms with Crippen LogP contribution in [0.1, 0.15) is 31.9 Å². The number of benzene rings is 2. The van der Waals surface area contributed by atoms with Gasteiger partial charge in [-0.05, 0) is 54.2 Å². The number of hydrogen-bond acceptors (Lipinski definition) is 10. The van der Waals surface area contributed by atoms with Crippen LogP contribution in [0.15, 0.2) is 42.5 Å². The van der Waals surface area contributed by atoms with Crippen LogP contribution in [0.3, 0.4) is 0 Å². The standard InChI is InChI=1S/C33H48O9SSi/c1-31(2,3)44(7,8)42-21-20-38-19-18-37-17-9-16-32(34)29-15-14-28(41-25-36-5)22-30(29)39-23-33(32,43-6)26-10-12-27(13-11-26)40-24-35-4/h10-15,22,34H,17-21,23-25H2,1-8H3. The van der Waals surface area contributed by atoms with Gasteiger partial charge in [-0.1, -0.05) is 44.7 Å². The van der Waals surface area contributed by atoms with E-state index in [-0.39, 0.29) is 31.8 Å². The Morgan fingerprint density at radius 3 is 2.16 bits per heavy atom. The summed E-state index contributed by atoms with van der Waals surface area (Å²) in [6.07, 6.45) is 1.94. The number of thioether (sulfide) groups is 1. The van der Waals surface area contributed by atoms with E-state index in [0.29, 0.717) is 49.2 Å². The van der Waals surface area contributed by atoms with Gasteiger partial charge in [0, 0.05) is 25.8 Å². The Hall–Kier alpha value is -2.27. The third-order valence-corrected chi connectivity index (χ3v) is 13.9. The summed E-state index contributed by atoms with van der Waals surface area (Å²) in [4.78, 5) is 0. The summed E-state index contributed by atoms with van der Waals surface area (Å²) < 4.78 is 44.1. The number of fused-ring (bicyclic) bond motifs is 1. The van der Waals surface area contributed by atoms with Crippen molar-refractivity contribution in [1.29, 1.82) is 0 Å². The monoisotopic (exact) mass is 648 g/mol. The Kier molecular flexibility index (Phi) is 13.4. The van der Waals surface area contributed by atoms with Crippen molar-refractivity contribution < 1.29 is 42.7 Å². The molecule has 0 aliphatic carbocycles. The maximum atomic E-state index is 12.5. The highest BCUT2D eigenvalue weighted by Gasteiger charge is 2.56. The molecule has 2 unspecified atom stereocenters. The SMILES string of the molecule is COCOc1ccc(C2(SC)COc3cc(OCOC)ccc3C2(O)C#CCOCCOCCO[Si](C)(C)C(C)(C)C)cc1. The van der Waals surface area contributed by atoms with Gasteiger partial charge in [-0.15, -0.1) is 11.8 Å². The van der Waals surface area contributed by atoms with E-state index in [4.69, 9.17) is 37.6 Å². The molecule has 0 radical (unpaired) electrons. The summed E-state index contributed by atoms with van der Waals surface area (Å²) in [7, 11) is 1.34. The Bertz CT molecular complexity index is 1240. The molecule has 0 fully saturated rings. The van der Waals surface area contributed by atoms with Gasteiger partial charge in [0.1, 0.15) is 35.2 Å². The zero-order valence-electron chi connectivity index (χ0n) is 27.3. The van der Waals surface area contributed by atoms with Gasteiger partial charge in [0.25, 0.3) is 0 Å². The molecule has 2 aromatic rings. The van der Waals surface area contributed by atoms with Crippen LogP contribution in [0.5, 0.6) is 17.2 Å². The van der Waals surface area contributed by atoms with E-state index in [1.54, 1.807) is 32.4 Å². The summed E-state index contributed by atoms with van der Waals surface area (Å²) in [6.45, 7) is 13.5. The van der Waals surface area contributed by atoms with Crippen molar-refractivity contribution in [3.05, 3.63) is 53.6 Å². The number of ether oxygens (including phenoxy) is 7. The largest absolute Gasteiger partial charge is 0.491 e. The molecule has 0 aromatic heterocycles. The molecule has 11 heteroatoms. The van der Waals surface area contributed by atoms with Crippen LogP contribution in [-0.2, 0) is 33.7 Å². The zero-order valence-corrected chi connectivity index (χ0v) is 29.1. The summed E-state index contributed by atoms with van der Waals surface area (Å²) in [5, 5.41) is 12.7. The van der Waals surface area contributed by atoms with Gasteiger partial charge < -0.3 is 42.7 Å². The first kappa shape index (κ1) is 36.2. The lowest BCUT2D eigenvalue weighted by atomic mass is 9.75. The predicted molar refractivity (Wildman–Crippen MR) is 175 cm³/mol. The van der Waals surface area contributed by atoms with Crippen LogP contribution in [-0.4, -0.2) is 87.1 Å². The van der Waals surface area contributed by atoms with Gasteiger partial charge in [0.2, 0.25) is 0 Å². The molecule has 2 atom stereocenters. The Labute approximate surface area is 267 Å². The minimum Gasteiger partial charge on any atom is -0.491 e. The van der Waals surface area contributed by atoms with E-state index in [0.717, 1.165) is 5.56 Å². The van der Waals surface area contributed by atoms with Crippen LogP contribution in [0.4, 0.5) is 0 Å². The summed E-state index contributed by atoms with van der Waals surface area (Å²) in [5.74, 6) is 7.93. The van der Waals surface area contributed by atoms with Crippen LogP contribution in [0.2, 0.25) is 18.1 Å². The molecule has 2 aromatic carbocycles. The lowest BCUT2D eigenvalue weighted by molar-refractivity contribution is 0.00819. The molecule has 0 spiro atoms. The third-order valence-electron chi connectivity index (χ3n) is 8.03. The van der Waals surface area contributed by atoms with Gasteiger partial charge >= 0.3 is 0 Å². The maximum absolute atomic E-state index is 12.5. The second kappa shape index (κ2) is 16.3. The van der Waals surface area contributed by atoms with E-state index in [1.807, 2.05) is 30.5 Å². The molecular weight excluding hydrogens is 601 g/mol. The smallest absolute Gasteiger partial charge is 0.192 e. The van der Waals surface area contributed by atoms with E-state index in [2.05, 4.69) is 45.7 Å². The molecule has 0 saturated carbocycles. The fourth-order valence-electron chi connectivity index (χ4n) is 4.45. The molecule has 1 N–H and O–H groups in total. The van der Waals surface area contributed by atoms with E-state index in [1.165, 1.54) is 11.8 Å². The molecule has 1 aliphatic rings. The summed E-state index contributed by atoms with van der Waals surface area (Å²) in [6, 6.07) is 12.8. The fourth-order valence-corrected chi connectivity index (χ4v) is 6.48. The number of methoxy groups -OCH3 is 2. The highest BCUT2D eigenvalue weighted by molar-refractivity contribution is 7.99. The predicted octanol–water partition coefficient (Wildman–Crippen LogP) is 5.55. The van der Waals surface area contributed by atoms with Crippen molar-refractivity contribution in [2.75, 3.05) is 73.7 Å². The van der Waals surface area contributed by atoms with Crippen LogP contribution in [0.25, 0.3) is 0 Å². The Morgan fingerprint density at radius 2 is 1.52 bits per heavy atom. The zero-order chi connectivity index (χ0) is 32.3. The van der Waals surface area contributed by atoms with Crippen LogP contribution in [0, 0.1) is 11.8 Å². The maximum Gasteiger partial charge on any atom is 0.192 e. The van der Waals surface area contributed by atoms with Crippen molar-refractivity contribution >= 4 is 20.1 Å². The third kappa shape index (κ3) is 8.71. The van der Waals surface area contributed by atoms with Crippen molar-refractivity contribution in [2.24, 2.45) is 0 Å². The number of aliphatic hydroxyl groups is 1. The van der Waals surface area contributed by atoms with Crippen molar-refractivity contribution in [3.63, 3.8) is 0 Å². The first-order valence-electron chi connectivity index (χ1n) is 14.6. The summed E-state index contributed by atoms with van der Waals surface area (Å²) in [5.41, 5.74) is -0.235. The van der Waals surface area contributed by atoms with Gasteiger partial charge in [0.05, 0.1) is 26.4 Å². The average Bonchev–Trinajstić information content (AvgIpc) is 3.00. The summed E-state index contributed by atoms with van der Waals surface area (Å²) >= 11 is 1.48. The molecule has 0 saturated heterocycles. The fraction of sp³-hybridized carbons (Fsp3) is 0.576. The second-order valence-corrected chi connectivity index (χ2v) is 17.8. The molecule has 1 heterocycles. The quantitative estimate of drug-likeness (QED) is 0.108. The molecule has 244 valence electrons. The molecular formula is C33H48O9SSi. The lowest BCUT2D eigenvalue weighted by Gasteiger charge is -2.47. The van der Waals surface area contributed by atoms with Gasteiger partial charge in [-0.2, -0.15) is 0 Å². The minimum atomic E-state index is -1.79. The van der Waals surface area contributed by atoms with Crippen molar-refractivity contribution in [1.82, 2.24) is 0 Å². The van der Waals surface area contributed by atoms with Gasteiger partial charge in [0.15, 0.2) is 27.5 Å². The first-order chi connectivity index (χ1) is 20.9.